The SMILES string of the molecule is CC(C)(C)[C@@H](NCc1ccc2c(c1)OCCO2)c1ccccc1. The summed E-state index contributed by atoms with van der Waals surface area (Å²) in [4.78, 5) is 0. The molecule has 1 aliphatic heterocycles. The molecule has 1 heterocycles. The van der Waals surface area contributed by atoms with Gasteiger partial charge in [-0.3, -0.25) is 0 Å². The first-order valence-corrected chi connectivity index (χ1v) is 8.21. The van der Waals surface area contributed by atoms with Crippen molar-refractivity contribution in [2.75, 3.05) is 13.2 Å². The Labute approximate surface area is 138 Å². The average Bonchev–Trinajstić information content (AvgIpc) is 2.55. The van der Waals surface area contributed by atoms with Crippen molar-refractivity contribution in [1.29, 1.82) is 0 Å². The quantitative estimate of drug-likeness (QED) is 0.911. The number of hydrogen-bond acceptors (Lipinski definition) is 3. The summed E-state index contributed by atoms with van der Waals surface area (Å²) in [6, 6.07) is 17.1. The van der Waals surface area contributed by atoms with E-state index in [1.807, 2.05) is 6.07 Å². The maximum absolute atomic E-state index is 5.67. The molecule has 3 nitrogen and oxygen atoms in total. The van der Waals surface area contributed by atoms with Crippen molar-refractivity contribution < 1.29 is 9.47 Å². The van der Waals surface area contributed by atoms with Gasteiger partial charge in [-0.25, -0.2) is 0 Å². The minimum atomic E-state index is 0.134. The minimum absolute atomic E-state index is 0.134. The molecule has 122 valence electrons. The van der Waals surface area contributed by atoms with Gasteiger partial charge in [-0.2, -0.15) is 0 Å². The molecule has 0 spiro atoms. The van der Waals surface area contributed by atoms with E-state index in [0.717, 1.165) is 18.0 Å². The number of fused-ring (bicyclic) bond motifs is 1. The van der Waals surface area contributed by atoms with Crippen LogP contribution in [0.3, 0.4) is 0 Å². The van der Waals surface area contributed by atoms with Gasteiger partial charge in [0.2, 0.25) is 0 Å². The Kier molecular flexibility index (Phi) is 4.58. The molecule has 1 atom stereocenters. The Balaban J connectivity index is 1.74. The zero-order chi connectivity index (χ0) is 16.3. The molecule has 0 bridgehead atoms. The van der Waals surface area contributed by atoms with E-state index in [4.69, 9.17) is 9.47 Å². The molecule has 1 N–H and O–H groups in total. The first kappa shape index (κ1) is 15.9. The smallest absolute Gasteiger partial charge is 0.161 e. The van der Waals surface area contributed by atoms with Crippen LogP contribution in [0.25, 0.3) is 0 Å². The molecule has 0 unspecified atom stereocenters. The number of benzene rings is 2. The van der Waals surface area contributed by atoms with E-state index >= 15 is 0 Å². The fraction of sp³-hybridized carbons (Fsp3) is 0.400. The zero-order valence-electron chi connectivity index (χ0n) is 14.1. The van der Waals surface area contributed by atoms with Crippen LogP contribution in [0.4, 0.5) is 0 Å². The molecular formula is C20H25NO2. The Hall–Kier alpha value is -2.00. The van der Waals surface area contributed by atoms with Crippen molar-refractivity contribution in [2.24, 2.45) is 5.41 Å². The lowest BCUT2D eigenvalue weighted by atomic mass is 9.82. The Morgan fingerprint density at radius 1 is 0.957 bits per heavy atom. The second kappa shape index (κ2) is 6.63. The summed E-state index contributed by atoms with van der Waals surface area (Å²) in [6.07, 6.45) is 0. The maximum Gasteiger partial charge on any atom is 0.161 e. The molecule has 0 saturated carbocycles. The van der Waals surface area contributed by atoms with E-state index in [2.05, 4.69) is 68.6 Å². The van der Waals surface area contributed by atoms with Gasteiger partial charge in [0.15, 0.2) is 11.5 Å². The normalized spacial score (nSPS) is 15.3. The van der Waals surface area contributed by atoms with Crippen LogP contribution in [0.1, 0.15) is 37.9 Å². The molecule has 3 heteroatoms. The lowest BCUT2D eigenvalue weighted by Gasteiger charge is -2.32. The summed E-state index contributed by atoms with van der Waals surface area (Å²) in [7, 11) is 0. The highest BCUT2D eigenvalue weighted by Crippen LogP contribution is 2.34. The Bertz CT molecular complexity index is 646. The summed E-state index contributed by atoms with van der Waals surface area (Å²) < 4.78 is 11.3. The minimum Gasteiger partial charge on any atom is -0.486 e. The maximum atomic E-state index is 5.67. The molecule has 2 aromatic rings. The highest BCUT2D eigenvalue weighted by atomic mass is 16.6. The summed E-state index contributed by atoms with van der Waals surface area (Å²) in [6.45, 7) is 8.85. The van der Waals surface area contributed by atoms with Gasteiger partial charge in [0, 0.05) is 12.6 Å². The van der Waals surface area contributed by atoms with Crippen LogP contribution in [0, 0.1) is 5.41 Å². The molecule has 0 saturated heterocycles. The molecule has 0 aromatic heterocycles. The van der Waals surface area contributed by atoms with E-state index < -0.39 is 0 Å². The predicted octanol–water partition coefficient (Wildman–Crippen LogP) is 4.33. The van der Waals surface area contributed by atoms with Gasteiger partial charge in [0.05, 0.1) is 0 Å². The lowest BCUT2D eigenvalue weighted by molar-refractivity contribution is 0.171. The summed E-state index contributed by atoms with van der Waals surface area (Å²) >= 11 is 0. The number of nitrogens with one attached hydrogen (secondary N) is 1. The number of ether oxygens (including phenoxy) is 2. The fourth-order valence-electron chi connectivity index (χ4n) is 2.99. The van der Waals surface area contributed by atoms with Crippen LogP contribution >= 0.6 is 0 Å². The van der Waals surface area contributed by atoms with Gasteiger partial charge in [-0.1, -0.05) is 57.2 Å². The standard InChI is InChI=1S/C20H25NO2/c1-20(2,3)19(16-7-5-4-6-8-16)21-14-15-9-10-17-18(13-15)23-12-11-22-17/h4-10,13,19,21H,11-12,14H2,1-3H3/t19-/m0/s1. The molecular weight excluding hydrogens is 286 g/mol. The second-order valence-corrected chi connectivity index (χ2v) is 7.07. The van der Waals surface area contributed by atoms with Crippen LogP contribution in [0.15, 0.2) is 48.5 Å². The summed E-state index contributed by atoms with van der Waals surface area (Å²) in [5.74, 6) is 1.69. The Morgan fingerprint density at radius 3 is 2.35 bits per heavy atom. The third-order valence-electron chi connectivity index (χ3n) is 4.12. The van der Waals surface area contributed by atoms with Crippen LogP contribution in [-0.2, 0) is 6.54 Å². The zero-order valence-corrected chi connectivity index (χ0v) is 14.1. The first-order chi connectivity index (χ1) is 11.0. The third kappa shape index (κ3) is 3.85. The van der Waals surface area contributed by atoms with E-state index in [9.17, 15) is 0 Å². The van der Waals surface area contributed by atoms with Crippen molar-refractivity contribution in [3.05, 3.63) is 59.7 Å². The fourth-order valence-corrected chi connectivity index (χ4v) is 2.99. The number of hydrogen-bond donors (Lipinski definition) is 1. The van der Waals surface area contributed by atoms with Crippen molar-refractivity contribution in [3.63, 3.8) is 0 Å². The van der Waals surface area contributed by atoms with Gasteiger partial charge < -0.3 is 14.8 Å². The summed E-state index contributed by atoms with van der Waals surface area (Å²) in [5, 5.41) is 3.70. The van der Waals surface area contributed by atoms with Crippen LogP contribution in [-0.4, -0.2) is 13.2 Å². The van der Waals surface area contributed by atoms with Crippen molar-refractivity contribution >= 4 is 0 Å². The van der Waals surface area contributed by atoms with Crippen LogP contribution in [0.5, 0.6) is 11.5 Å². The Morgan fingerprint density at radius 2 is 1.65 bits per heavy atom. The molecule has 2 aromatic carbocycles. The topological polar surface area (TPSA) is 30.5 Å². The molecule has 0 fully saturated rings. The molecule has 0 aliphatic carbocycles. The van der Waals surface area contributed by atoms with Crippen LogP contribution in [0.2, 0.25) is 0 Å². The van der Waals surface area contributed by atoms with Gasteiger partial charge in [0.25, 0.3) is 0 Å². The van der Waals surface area contributed by atoms with E-state index in [-0.39, 0.29) is 11.5 Å². The van der Waals surface area contributed by atoms with E-state index in [1.165, 1.54) is 11.1 Å². The van der Waals surface area contributed by atoms with Crippen LogP contribution < -0.4 is 14.8 Å². The third-order valence-corrected chi connectivity index (χ3v) is 4.12. The lowest BCUT2D eigenvalue weighted by Crippen LogP contribution is -2.32. The van der Waals surface area contributed by atoms with E-state index in [0.29, 0.717) is 13.2 Å². The number of rotatable bonds is 4. The second-order valence-electron chi connectivity index (χ2n) is 7.07. The molecule has 23 heavy (non-hydrogen) atoms. The van der Waals surface area contributed by atoms with Crippen molar-refractivity contribution in [1.82, 2.24) is 5.32 Å². The van der Waals surface area contributed by atoms with Crippen molar-refractivity contribution in [3.8, 4) is 11.5 Å². The van der Waals surface area contributed by atoms with Gasteiger partial charge in [-0.15, -0.1) is 0 Å². The molecule has 3 rings (SSSR count). The van der Waals surface area contributed by atoms with Gasteiger partial charge >= 0.3 is 0 Å². The molecule has 0 amide bonds. The monoisotopic (exact) mass is 311 g/mol. The highest BCUT2D eigenvalue weighted by Gasteiger charge is 2.25. The highest BCUT2D eigenvalue weighted by molar-refractivity contribution is 5.43. The van der Waals surface area contributed by atoms with Crippen molar-refractivity contribution in [2.45, 2.75) is 33.4 Å². The summed E-state index contributed by atoms with van der Waals surface area (Å²) in [5.41, 5.74) is 2.66. The largest absolute Gasteiger partial charge is 0.486 e. The van der Waals surface area contributed by atoms with Gasteiger partial charge in [-0.05, 0) is 28.7 Å². The predicted molar refractivity (Wildman–Crippen MR) is 92.9 cm³/mol. The molecule has 1 aliphatic rings. The average molecular weight is 311 g/mol. The first-order valence-electron chi connectivity index (χ1n) is 8.21. The van der Waals surface area contributed by atoms with E-state index in [1.54, 1.807) is 0 Å². The van der Waals surface area contributed by atoms with Gasteiger partial charge in [0.1, 0.15) is 13.2 Å². The molecule has 0 radical (unpaired) electrons.